The zero-order chi connectivity index (χ0) is 12.5. The van der Waals surface area contributed by atoms with Crippen LogP contribution >= 0.6 is 0 Å². The molecule has 3 N–H and O–H groups in total. The first-order valence-electron chi connectivity index (χ1n) is 6.15. The third-order valence-corrected chi connectivity index (χ3v) is 3.32. The summed E-state index contributed by atoms with van der Waals surface area (Å²) < 4.78 is 2.07. The van der Waals surface area contributed by atoms with Crippen molar-refractivity contribution in [2.45, 2.75) is 31.4 Å². The molecular weight excluding hydrogens is 228 g/mol. The fourth-order valence-corrected chi connectivity index (χ4v) is 2.17. The molecule has 5 nitrogen and oxygen atoms in total. The second-order valence-corrected chi connectivity index (χ2v) is 4.72. The van der Waals surface area contributed by atoms with Crippen LogP contribution in [0.2, 0.25) is 0 Å². The first-order chi connectivity index (χ1) is 8.75. The summed E-state index contributed by atoms with van der Waals surface area (Å²) in [4.78, 5) is 8.15. The third kappa shape index (κ3) is 2.09. The van der Waals surface area contributed by atoms with Crippen LogP contribution in [-0.2, 0) is 6.42 Å². The Hall–Kier alpha value is -1.88. The van der Waals surface area contributed by atoms with Gasteiger partial charge in [0.25, 0.3) is 0 Å². The smallest absolute Gasteiger partial charge is 0.126 e. The molecule has 1 aliphatic rings. The summed E-state index contributed by atoms with van der Waals surface area (Å²) >= 11 is 0. The molecule has 1 unspecified atom stereocenters. The SMILES string of the molecule is Nc1ncccc1CC(O)c1cncn1C1CC1. The summed E-state index contributed by atoms with van der Waals surface area (Å²) in [5.74, 6) is 0.481. The Morgan fingerprint density at radius 1 is 1.50 bits per heavy atom. The Morgan fingerprint density at radius 3 is 3.06 bits per heavy atom. The van der Waals surface area contributed by atoms with Crippen LogP contribution in [-0.4, -0.2) is 19.6 Å². The van der Waals surface area contributed by atoms with Gasteiger partial charge in [0, 0.05) is 18.7 Å². The first kappa shape index (κ1) is 11.2. The Morgan fingerprint density at radius 2 is 2.33 bits per heavy atom. The van der Waals surface area contributed by atoms with Crippen LogP contribution < -0.4 is 5.73 Å². The van der Waals surface area contributed by atoms with Gasteiger partial charge in [-0.1, -0.05) is 6.07 Å². The molecule has 1 aliphatic carbocycles. The number of imidazole rings is 1. The van der Waals surface area contributed by atoms with E-state index in [4.69, 9.17) is 5.73 Å². The molecule has 0 radical (unpaired) electrons. The second-order valence-electron chi connectivity index (χ2n) is 4.72. The van der Waals surface area contributed by atoms with Gasteiger partial charge in [0.05, 0.1) is 24.3 Å². The van der Waals surface area contributed by atoms with Gasteiger partial charge in [-0.3, -0.25) is 0 Å². The molecule has 94 valence electrons. The van der Waals surface area contributed by atoms with Crippen molar-refractivity contribution in [1.29, 1.82) is 0 Å². The van der Waals surface area contributed by atoms with E-state index in [1.807, 2.05) is 12.1 Å². The standard InChI is InChI=1S/C13H16N4O/c14-13-9(2-1-5-16-13)6-12(18)11-7-15-8-17(11)10-3-4-10/h1-2,5,7-8,10,12,18H,3-4,6H2,(H2,14,16). The van der Waals surface area contributed by atoms with Crippen molar-refractivity contribution in [3.05, 3.63) is 42.1 Å². The molecule has 1 saturated carbocycles. The molecule has 0 saturated heterocycles. The molecule has 0 amide bonds. The van der Waals surface area contributed by atoms with Crippen LogP contribution in [0.5, 0.6) is 0 Å². The van der Waals surface area contributed by atoms with E-state index in [9.17, 15) is 5.11 Å². The number of aliphatic hydroxyl groups is 1. The van der Waals surface area contributed by atoms with Gasteiger partial charge < -0.3 is 15.4 Å². The minimum atomic E-state index is -0.584. The summed E-state index contributed by atoms with van der Waals surface area (Å²) in [6, 6.07) is 4.24. The number of anilines is 1. The van der Waals surface area contributed by atoms with Crippen molar-refractivity contribution >= 4 is 5.82 Å². The lowest BCUT2D eigenvalue weighted by Crippen LogP contribution is -2.10. The van der Waals surface area contributed by atoms with Gasteiger partial charge in [0.1, 0.15) is 5.82 Å². The van der Waals surface area contributed by atoms with Gasteiger partial charge >= 0.3 is 0 Å². The third-order valence-electron chi connectivity index (χ3n) is 3.32. The molecule has 1 atom stereocenters. The van der Waals surface area contributed by atoms with Gasteiger partial charge in [-0.2, -0.15) is 0 Å². The number of nitrogen functional groups attached to an aromatic ring is 1. The number of rotatable bonds is 4. The van der Waals surface area contributed by atoms with E-state index in [-0.39, 0.29) is 0 Å². The zero-order valence-electron chi connectivity index (χ0n) is 10.0. The molecule has 0 aromatic carbocycles. The fourth-order valence-electron chi connectivity index (χ4n) is 2.17. The van der Waals surface area contributed by atoms with Gasteiger partial charge in [-0.05, 0) is 24.5 Å². The van der Waals surface area contributed by atoms with Crippen molar-refractivity contribution < 1.29 is 5.11 Å². The lowest BCUT2D eigenvalue weighted by atomic mass is 10.1. The maximum atomic E-state index is 10.3. The van der Waals surface area contributed by atoms with Crippen molar-refractivity contribution in [2.75, 3.05) is 5.73 Å². The first-order valence-corrected chi connectivity index (χ1v) is 6.15. The van der Waals surface area contributed by atoms with E-state index < -0.39 is 6.10 Å². The van der Waals surface area contributed by atoms with E-state index in [1.54, 1.807) is 18.7 Å². The molecule has 2 aromatic rings. The molecule has 0 aliphatic heterocycles. The highest BCUT2D eigenvalue weighted by Gasteiger charge is 2.27. The molecular formula is C13H16N4O. The zero-order valence-corrected chi connectivity index (χ0v) is 10.0. The van der Waals surface area contributed by atoms with E-state index in [0.717, 1.165) is 11.3 Å². The Bertz CT molecular complexity index is 547. The lowest BCUT2D eigenvalue weighted by Gasteiger charge is -2.14. The van der Waals surface area contributed by atoms with Crippen molar-refractivity contribution in [3.63, 3.8) is 0 Å². The number of nitrogens with two attached hydrogens (primary N) is 1. The summed E-state index contributed by atoms with van der Waals surface area (Å²) in [6.45, 7) is 0. The molecule has 2 aromatic heterocycles. The van der Waals surface area contributed by atoms with Crippen molar-refractivity contribution in [3.8, 4) is 0 Å². The van der Waals surface area contributed by atoms with E-state index in [2.05, 4.69) is 14.5 Å². The van der Waals surface area contributed by atoms with E-state index in [1.165, 1.54) is 12.8 Å². The van der Waals surface area contributed by atoms with Gasteiger partial charge in [-0.25, -0.2) is 9.97 Å². The van der Waals surface area contributed by atoms with Crippen LogP contribution in [0.25, 0.3) is 0 Å². The quantitative estimate of drug-likeness (QED) is 0.853. The molecule has 5 heteroatoms. The maximum absolute atomic E-state index is 10.3. The molecule has 1 fully saturated rings. The molecule has 0 spiro atoms. The predicted octanol–water partition coefficient (Wildman–Crippen LogP) is 1.47. The highest BCUT2D eigenvalue weighted by atomic mass is 16.3. The monoisotopic (exact) mass is 244 g/mol. The lowest BCUT2D eigenvalue weighted by molar-refractivity contribution is 0.168. The number of hydrogen-bond acceptors (Lipinski definition) is 4. The molecule has 0 bridgehead atoms. The minimum absolute atomic E-state index is 0.470. The minimum Gasteiger partial charge on any atom is -0.386 e. The summed E-state index contributed by atoms with van der Waals surface area (Å²) in [5, 5.41) is 10.3. The van der Waals surface area contributed by atoms with Gasteiger partial charge in [-0.15, -0.1) is 0 Å². The number of aliphatic hydroxyl groups excluding tert-OH is 1. The van der Waals surface area contributed by atoms with Gasteiger partial charge in [0.15, 0.2) is 0 Å². The van der Waals surface area contributed by atoms with Crippen LogP contribution in [0.1, 0.15) is 36.2 Å². The van der Waals surface area contributed by atoms with Gasteiger partial charge in [0.2, 0.25) is 0 Å². The molecule has 18 heavy (non-hydrogen) atoms. The van der Waals surface area contributed by atoms with Crippen LogP contribution in [0, 0.1) is 0 Å². The van der Waals surface area contributed by atoms with E-state index in [0.29, 0.717) is 18.3 Å². The van der Waals surface area contributed by atoms with Crippen LogP contribution in [0.3, 0.4) is 0 Å². The molecule has 2 heterocycles. The number of nitrogens with zero attached hydrogens (tertiary/aromatic N) is 3. The van der Waals surface area contributed by atoms with Crippen LogP contribution in [0.4, 0.5) is 5.82 Å². The fraction of sp³-hybridized carbons (Fsp3) is 0.385. The summed E-state index contributed by atoms with van der Waals surface area (Å²) in [5.41, 5.74) is 7.52. The average Bonchev–Trinajstić information content (AvgIpc) is 3.09. The summed E-state index contributed by atoms with van der Waals surface area (Å²) in [6.07, 6.45) is 7.41. The number of aromatic nitrogens is 3. The predicted molar refractivity (Wildman–Crippen MR) is 67.8 cm³/mol. The Kier molecular flexibility index (Phi) is 2.76. The van der Waals surface area contributed by atoms with Crippen molar-refractivity contribution in [1.82, 2.24) is 14.5 Å². The topological polar surface area (TPSA) is 77.0 Å². The van der Waals surface area contributed by atoms with Crippen LogP contribution in [0.15, 0.2) is 30.9 Å². The normalized spacial score (nSPS) is 16.7. The Balaban J connectivity index is 1.80. The average molecular weight is 244 g/mol. The Labute approximate surface area is 105 Å². The van der Waals surface area contributed by atoms with E-state index >= 15 is 0 Å². The second kappa shape index (κ2) is 4.42. The molecule has 3 rings (SSSR count). The highest BCUT2D eigenvalue weighted by Crippen LogP contribution is 2.37. The highest BCUT2D eigenvalue weighted by molar-refractivity contribution is 5.39. The number of hydrogen-bond donors (Lipinski definition) is 2. The van der Waals surface area contributed by atoms with Crippen molar-refractivity contribution in [2.24, 2.45) is 0 Å². The number of pyridine rings is 1. The maximum Gasteiger partial charge on any atom is 0.126 e. The largest absolute Gasteiger partial charge is 0.386 e. The summed E-state index contributed by atoms with van der Waals surface area (Å²) in [7, 11) is 0.